The van der Waals surface area contributed by atoms with E-state index < -0.39 is 0 Å². The number of hydrogen-bond acceptors (Lipinski definition) is 4. The van der Waals surface area contributed by atoms with Gasteiger partial charge in [-0.25, -0.2) is 0 Å². The third-order valence-electron chi connectivity index (χ3n) is 3.53. The van der Waals surface area contributed by atoms with Crippen LogP contribution < -0.4 is 10.6 Å². The molecule has 1 aromatic rings. The molecule has 3 N–H and O–H groups in total. The van der Waals surface area contributed by atoms with Gasteiger partial charge < -0.3 is 15.7 Å². The van der Waals surface area contributed by atoms with E-state index in [1.54, 1.807) is 12.1 Å². The van der Waals surface area contributed by atoms with Gasteiger partial charge in [0, 0.05) is 13.1 Å². The average molecular weight is 259 g/mol. The summed E-state index contributed by atoms with van der Waals surface area (Å²) in [5, 5.41) is 18.3. The van der Waals surface area contributed by atoms with Gasteiger partial charge in [0.2, 0.25) is 5.91 Å². The summed E-state index contributed by atoms with van der Waals surface area (Å²) in [6, 6.07) is 7.45. The third-order valence-corrected chi connectivity index (χ3v) is 3.53. The van der Waals surface area contributed by atoms with E-state index in [1.165, 1.54) is 0 Å². The standard InChI is InChI=1S/C14H17N3O2/c15-7-12-6-10(9-18)3-4-13(12)17-5-1-2-11(8-17)14(16)19/h3-4,6,11,18H,1-2,5,8-9H2,(H2,16,19). The lowest BCUT2D eigenvalue weighted by Gasteiger charge is -2.33. The summed E-state index contributed by atoms with van der Waals surface area (Å²) in [5.41, 5.74) is 7.41. The Morgan fingerprint density at radius 1 is 1.58 bits per heavy atom. The van der Waals surface area contributed by atoms with Gasteiger partial charge >= 0.3 is 0 Å². The Labute approximate surface area is 112 Å². The van der Waals surface area contributed by atoms with E-state index in [1.807, 2.05) is 11.0 Å². The Balaban J connectivity index is 2.26. The number of nitrogens with two attached hydrogens (primary N) is 1. The van der Waals surface area contributed by atoms with Gasteiger partial charge in [-0.1, -0.05) is 6.07 Å². The van der Waals surface area contributed by atoms with E-state index in [0.29, 0.717) is 17.7 Å². The highest BCUT2D eigenvalue weighted by molar-refractivity contribution is 5.78. The molecule has 0 aromatic heterocycles. The normalized spacial score (nSPS) is 18.9. The van der Waals surface area contributed by atoms with E-state index >= 15 is 0 Å². The second-order valence-electron chi connectivity index (χ2n) is 4.81. The quantitative estimate of drug-likeness (QED) is 0.838. The van der Waals surface area contributed by atoms with Crippen LogP contribution in [0, 0.1) is 17.2 Å². The van der Waals surface area contributed by atoms with Crippen molar-refractivity contribution in [1.29, 1.82) is 5.26 Å². The van der Waals surface area contributed by atoms with Crippen LogP contribution >= 0.6 is 0 Å². The van der Waals surface area contributed by atoms with Crippen molar-refractivity contribution in [3.8, 4) is 6.07 Å². The van der Waals surface area contributed by atoms with Crippen LogP contribution in [0.2, 0.25) is 0 Å². The zero-order valence-electron chi connectivity index (χ0n) is 10.7. The Kier molecular flexibility index (Phi) is 4.03. The Bertz CT molecular complexity index is 522. The first-order valence-electron chi connectivity index (χ1n) is 6.34. The molecule has 0 aliphatic carbocycles. The highest BCUT2D eigenvalue weighted by Crippen LogP contribution is 2.27. The third kappa shape index (κ3) is 2.85. The van der Waals surface area contributed by atoms with Crippen LogP contribution in [0.25, 0.3) is 0 Å². The number of carbonyl (C=O) groups excluding carboxylic acids is 1. The van der Waals surface area contributed by atoms with Crippen LogP contribution in [-0.2, 0) is 11.4 Å². The van der Waals surface area contributed by atoms with Crippen LogP contribution in [0.1, 0.15) is 24.0 Å². The number of hydrogen-bond donors (Lipinski definition) is 2. The highest BCUT2D eigenvalue weighted by Gasteiger charge is 2.25. The molecular formula is C14H17N3O2. The monoisotopic (exact) mass is 259 g/mol. The van der Waals surface area contributed by atoms with E-state index in [2.05, 4.69) is 6.07 Å². The Hall–Kier alpha value is -2.06. The molecule has 1 heterocycles. The molecule has 1 aromatic carbocycles. The van der Waals surface area contributed by atoms with Gasteiger partial charge in [-0.2, -0.15) is 5.26 Å². The van der Waals surface area contributed by atoms with E-state index in [0.717, 1.165) is 25.1 Å². The van der Waals surface area contributed by atoms with Crippen molar-refractivity contribution in [2.45, 2.75) is 19.4 Å². The maximum Gasteiger partial charge on any atom is 0.222 e. The Morgan fingerprint density at radius 2 is 2.37 bits per heavy atom. The molecule has 19 heavy (non-hydrogen) atoms. The van der Waals surface area contributed by atoms with Gasteiger partial charge in [-0.3, -0.25) is 4.79 Å². The minimum atomic E-state index is -0.282. The molecule has 1 unspecified atom stereocenters. The summed E-state index contributed by atoms with van der Waals surface area (Å²) in [6.07, 6.45) is 1.70. The second kappa shape index (κ2) is 5.72. The number of nitriles is 1. The number of aliphatic hydroxyl groups excluding tert-OH is 1. The van der Waals surface area contributed by atoms with E-state index in [4.69, 9.17) is 10.8 Å². The lowest BCUT2D eigenvalue weighted by molar-refractivity contribution is -0.122. The fraction of sp³-hybridized carbons (Fsp3) is 0.429. The summed E-state index contributed by atoms with van der Waals surface area (Å²) in [7, 11) is 0. The lowest BCUT2D eigenvalue weighted by atomic mass is 9.96. The molecule has 2 rings (SSSR count). The number of benzene rings is 1. The molecule has 1 fully saturated rings. The first-order chi connectivity index (χ1) is 9.15. The Morgan fingerprint density at radius 3 is 3.00 bits per heavy atom. The lowest BCUT2D eigenvalue weighted by Crippen LogP contribution is -2.41. The molecule has 0 radical (unpaired) electrons. The van der Waals surface area contributed by atoms with E-state index in [-0.39, 0.29) is 18.4 Å². The van der Waals surface area contributed by atoms with Crippen LogP contribution in [0.4, 0.5) is 5.69 Å². The fourth-order valence-electron chi connectivity index (χ4n) is 2.48. The number of rotatable bonds is 3. The number of amides is 1. The summed E-state index contributed by atoms with van der Waals surface area (Å²) < 4.78 is 0. The van der Waals surface area contributed by atoms with Crippen molar-refractivity contribution in [2.75, 3.05) is 18.0 Å². The summed E-state index contributed by atoms with van der Waals surface area (Å²) >= 11 is 0. The number of aliphatic hydroxyl groups is 1. The molecule has 5 nitrogen and oxygen atoms in total. The van der Waals surface area contributed by atoms with Gasteiger partial charge in [-0.05, 0) is 30.5 Å². The van der Waals surface area contributed by atoms with Gasteiger partial charge in [0.25, 0.3) is 0 Å². The van der Waals surface area contributed by atoms with Crippen LogP contribution in [0.15, 0.2) is 18.2 Å². The molecule has 0 saturated carbocycles. The molecular weight excluding hydrogens is 242 g/mol. The van der Waals surface area contributed by atoms with Crippen LogP contribution in [0.3, 0.4) is 0 Å². The van der Waals surface area contributed by atoms with Crippen molar-refractivity contribution >= 4 is 11.6 Å². The summed E-state index contributed by atoms with van der Waals surface area (Å²) in [6.45, 7) is 1.29. The predicted molar refractivity (Wildman–Crippen MR) is 71.2 cm³/mol. The SMILES string of the molecule is N#Cc1cc(CO)ccc1N1CCCC(C(N)=O)C1. The topological polar surface area (TPSA) is 90.3 Å². The number of primary amides is 1. The zero-order chi connectivity index (χ0) is 13.8. The van der Waals surface area contributed by atoms with Gasteiger partial charge in [0.05, 0.1) is 23.8 Å². The van der Waals surface area contributed by atoms with Crippen molar-refractivity contribution in [2.24, 2.45) is 11.7 Å². The smallest absolute Gasteiger partial charge is 0.222 e. The van der Waals surface area contributed by atoms with Gasteiger partial charge in [-0.15, -0.1) is 0 Å². The number of piperidine rings is 1. The predicted octanol–water partition coefficient (Wildman–Crippen LogP) is 0.752. The van der Waals surface area contributed by atoms with Gasteiger partial charge in [0.15, 0.2) is 0 Å². The number of anilines is 1. The van der Waals surface area contributed by atoms with Gasteiger partial charge in [0.1, 0.15) is 6.07 Å². The maximum atomic E-state index is 11.3. The summed E-state index contributed by atoms with van der Waals surface area (Å²) in [4.78, 5) is 13.3. The maximum absolute atomic E-state index is 11.3. The highest BCUT2D eigenvalue weighted by atomic mass is 16.3. The molecule has 1 aliphatic heterocycles. The van der Waals surface area contributed by atoms with Crippen molar-refractivity contribution < 1.29 is 9.90 Å². The summed E-state index contributed by atoms with van der Waals surface area (Å²) in [5.74, 6) is -0.437. The second-order valence-corrected chi connectivity index (χ2v) is 4.81. The molecule has 0 spiro atoms. The fourth-order valence-corrected chi connectivity index (χ4v) is 2.48. The van der Waals surface area contributed by atoms with Crippen molar-refractivity contribution in [3.05, 3.63) is 29.3 Å². The minimum absolute atomic E-state index is 0.0845. The number of carbonyl (C=O) groups is 1. The average Bonchev–Trinajstić information content (AvgIpc) is 2.46. The molecule has 1 saturated heterocycles. The zero-order valence-corrected chi connectivity index (χ0v) is 10.7. The van der Waals surface area contributed by atoms with Crippen molar-refractivity contribution in [3.63, 3.8) is 0 Å². The largest absolute Gasteiger partial charge is 0.392 e. The molecule has 1 atom stereocenters. The molecule has 0 bridgehead atoms. The molecule has 100 valence electrons. The first kappa shape index (κ1) is 13.4. The minimum Gasteiger partial charge on any atom is -0.392 e. The molecule has 1 aliphatic rings. The van der Waals surface area contributed by atoms with Crippen LogP contribution in [0.5, 0.6) is 0 Å². The number of nitrogens with zero attached hydrogens (tertiary/aromatic N) is 2. The first-order valence-corrected chi connectivity index (χ1v) is 6.34. The van der Waals surface area contributed by atoms with Crippen LogP contribution in [-0.4, -0.2) is 24.1 Å². The van der Waals surface area contributed by atoms with Crippen molar-refractivity contribution in [1.82, 2.24) is 0 Å². The molecule has 1 amide bonds. The molecule has 5 heteroatoms. The van der Waals surface area contributed by atoms with E-state index in [9.17, 15) is 10.1 Å².